The van der Waals surface area contributed by atoms with Crippen molar-refractivity contribution in [1.82, 2.24) is 4.98 Å². The summed E-state index contributed by atoms with van der Waals surface area (Å²) in [6.07, 6.45) is -4.62. The third-order valence-corrected chi connectivity index (χ3v) is 6.08. The number of aryl methyl sites for hydroxylation is 1. The Labute approximate surface area is 186 Å². The van der Waals surface area contributed by atoms with Gasteiger partial charge in [-0.05, 0) is 55.3 Å². The molecule has 2 atom stereocenters. The minimum Gasteiger partial charge on any atom is -0.504 e. The number of pyridine rings is 1. The average Bonchev–Trinajstić information content (AvgIpc) is 2.72. The summed E-state index contributed by atoms with van der Waals surface area (Å²) in [5.74, 6) is -1.99. The summed E-state index contributed by atoms with van der Waals surface area (Å²) in [6.45, 7) is 3.24. The number of nitrogens with zero attached hydrogens (tertiary/aromatic N) is 1. The molecular formula is C23H19ClF4N2O2. The van der Waals surface area contributed by atoms with E-state index in [9.17, 15) is 27.8 Å². The fourth-order valence-electron chi connectivity index (χ4n) is 4.18. The van der Waals surface area contributed by atoms with Gasteiger partial charge in [0.2, 0.25) is 0 Å². The van der Waals surface area contributed by atoms with Crippen LogP contribution in [0, 0.1) is 12.7 Å². The highest BCUT2D eigenvalue weighted by molar-refractivity contribution is 6.31. The molecule has 0 saturated carbocycles. The Morgan fingerprint density at radius 2 is 1.97 bits per heavy atom. The zero-order valence-corrected chi connectivity index (χ0v) is 17.8. The number of hydrogen-bond acceptors (Lipinski definition) is 4. The normalized spacial score (nSPS) is 22.2. The standard InChI is InChI=1S/C23H19ClF4N2O2/c1-3-12-10-22(32,23(26,27)28)21(14-9-15(24)19(25)20(31)18(12)14)30-17-6-4-5-16-13(17)8-7-11(2)29-16/h3-9,21,30-32H,10H2,1-2H3/b12-3-/t21-,22+/m0/s1. The number of halogens is 5. The summed E-state index contributed by atoms with van der Waals surface area (Å²) in [5, 5.41) is 24.1. The second kappa shape index (κ2) is 7.64. The van der Waals surface area contributed by atoms with Gasteiger partial charge in [0, 0.05) is 28.8 Å². The van der Waals surface area contributed by atoms with Crippen LogP contribution in [0.3, 0.4) is 0 Å². The van der Waals surface area contributed by atoms with Crippen LogP contribution < -0.4 is 5.32 Å². The van der Waals surface area contributed by atoms with Crippen molar-refractivity contribution in [2.45, 2.75) is 38.1 Å². The third kappa shape index (κ3) is 3.38. The molecule has 0 amide bonds. The molecular weight excluding hydrogens is 448 g/mol. The molecule has 3 N–H and O–H groups in total. The number of hydrogen-bond donors (Lipinski definition) is 3. The van der Waals surface area contributed by atoms with Crippen molar-refractivity contribution in [2.24, 2.45) is 0 Å². The first-order chi connectivity index (χ1) is 15.0. The van der Waals surface area contributed by atoms with Crippen molar-refractivity contribution < 1.29 is 27.8 Å². The molecule has 168 valence electrons. The van der Waals surface area contributed by atoms with Crippen LogP contribution in [0.25, 0.3) is 16.5 Å². The lowest BCUT2D eigenvalue weighted by Crippen LogP contribution is -2.54. The highest BCUT2D eigenvalue weighted by Crippen LogP contribution is 2.55. The van der Waals surface area contributed by atoms with E-state index in [4.69, 9.17) is 11.6 Å². The summed E-state index contributed by atoms with van der Waals surface area (Å²) in [5.41, 5.74) is -2.00. The number of aromatic hydroxyl groups is 1. The van der Waals surface area contributed by atoms with Crippen LogP contribution in [0.2, 0.25) is 5.02 Å². The topological polar surface area (TPSA) is 65.4 Å². The van der Waals surface area contributed by atoms with Crippen molar-refractivity contribution >= 4 is 33.8 Å². The van der Waals surface area contributed by atoms with E-state index in [0.29, 0.717) is 10.9 Å². The maximum Gasteiger partial charge on any atom is 0.419 e. The number of phenolic OH excluding ortho intramolecular Hbond substituents is 1. The Morgan fingerprint density at radius 3 is 2.62 bits per heavy atom. The molecule has 32 heavy (non-hydrogen) atoms. The number of nitrogens with one attached hydrogen (secondary N) is 1. The second-order valence-corrected chi connectivity index (χ2v) is 8.21. The zero-order chi connectivity index (χ0) is 23.4. The largest absolute Gasteiger partial charge is 0.504 e. The van der Waals surface area contributed by atoms with Gasteiger partial charge < -0.3 is 15.5 Å². The number of allylic oxidation sites excluding steroid dienone is 1. The van der Waals surface area contributed by atoms with Crippen molar-refractivity contribution in [3.05, 3.63) is 70.1 Å². The summed E-state index contributed by atoms with van der Waals surface area (Å²) < 4.78 is 57.0. The first-order valence-electron chi connectivity index (χ1n) is 9.76. The minimum absolute atomic E-state index is 0.0406. The Morgan fingerprint density at radius 1 is 1.25 bits per heavy atom. The van der Waals surface area contributed by atoms with Gasteiger partial charge in [-0.1, -0.05) is 23.7 Å². The predicted octanol–water partition coefficient (Wildman–Crippen LogP) is 6.29. The van der Waals surface area contributed by atoms with Crippen LogP contribution in [0.4, 0.5) is 23.2 Å². The average molecular weight is 467 g/mol. The zero-order valence-electron chi connectivity index (χ0n) is 17.1. The van der Waals surface area contributed by atoms with Crippen LogP contribution in [0.1, 0.15) is 36.2 Å². The van der Waals surface area contributed by atoms with E-state index in [0.717, 1.165) is 11.8 Å². The maximum atomic E-state index is 14.3. The molecule has 9 heteroatoms. The van der Waals surface area contributed by atoms with Crippen LogP contribution >= 0.6 is 11.6 Å². The molecule has 3 aromatic rings. The van der Waals surface area contributed by atoms with Gasteiger partial charge in [0.25, 0.3) is 0 Å². The smallest absolute Gasteiger partial charge is 0.419 e. The number of fused-ring (bicyclic) bond motifs is 2. The van der Waals surface area contributed by atoms with Gasteiger partial charge in [0.1, 0.15) is 0 Å². The molecule has 1 aromatic heterocycles. The SMILES string of the molecule is C/C=C1/C[C@](O)(C(F)(F)F)[C@@H](Nc2cccc3nc(C)ccc23)c2cc(Cl)c(F)c(O)c21. The Bertz CT molecular complexity index is 1260. The number of aromatic nitrogens is 1. The first kappa shape index (κ1) is 22.4. The molecule has 4 rings (SSSR count). The molecule has 1 aliphatic carbocycles. The molecule has 0 spiro atoms. The fourth-order valence-corrected chi connectivity index (χ4v) is 4.39. The van der Waals surface area contributed by atoms with E-state index in [-0.39, 0.29) is 22.4 Å². The molecule has 1 heterocycles. The molecule has 2 aromatic carbocycles. The van der Waals surface area contributed by atoms with Gasteiger partial charge in [-0.25, -0.2) is 4.39 Å². The van der Waals surface area contributed by atoms with E-state index < -0.39 is 40.8 Å². The molecule has 0 fully saturated rings. The Kier molecular flexibility index (Phi) is 5.33. The molecule has 0 radical (unpaired) electrons. The highest BCUT2D eigenvalue weighted by atomic mass is 35.5. The third-order valence-electron chi connectivity index (χ3n) is 5.81. The molecule has 0 bridgehead atoms. The van der Waals surface area contributed by atoms with Crippen molar-refractivity contribution in [2.75, 3.05) is 5.32 Å². The lowest BCUT2D eigenvalue weighted by molar-refractivity contribution is -0.265. The van der Waals surface area contributed by atoms with Gasteiger partial charge in [-0.15, -0.1) is 0 Å². The number of rotatable bonds is 2. The summed E-state index contributed by atoms with van der Waals surface area (Å²) in [7, 11) is 0. The number of benzene rings is 2. The number of alkyl halides is 3. The Balaban J connectivity index is 1.98. The predicted molar refractivity (Wildman–Crippen MR) is 115 cm³/mol. The molecule has 1 aliphatic rings. The van der Waals surface area contributed by atoms with Crippen LogP contribution in [0.5, 0.6) is 5.75 Å². The van der Waals surface area contributed by atoms with Crippen LogP contribution in [0.15, 0.2) is 42.5 Å². The molecule has 0 saturated heterocycles. The monoisotopic (exact) mass is 466 g/mol. The van der Waals surface area contributed by atoms with Gasteiger partial charge >= 0.3 is 6.18 Å². The quantitative estimate of drug-likeness (QED) is 0.388. The maximum absolute atomic E-state index is 14.3. The van der Waals surface area contributed by atoms with Gasteiger partial charge in [0.05, 0.1) is 16.6 Å². The fraction of sp³-hybridized carbons (Fsp3) is 0.261. The molecule has 4 nitrogen and oxygen atoms in total. The first-order valence-corrected chi connectivity index (χ1v) is 10.1. The van der Waals surface area contributed by atoms with Gasteiger partial charge in [-0.2, -0.15) is 13.2 Å². The van der Waals surface area contributed by atoms with E-state index in [2.05, 4.69) is 10.3 Å². The van der Waals surface area contributed by atoms with E-state index >= 15 is 0 Å². The van der Waals surface area contributed by atoms with E-state index in [1.807, 2.05) is 0 Å². The molecule has 0 unspecified atom stereocenters. The van der Waals surface area contributed by atoms with Crippen LogP contribution in [-0.4, -0.2) is 27.0 Å². The number of anilines is 1. The van der Waals surface area contributed by atoms with Crippen LogP contribution in [-0.2, 0) is 0 Å². The van der Waals surface area contributed by atoms with Crippen molar-refractivity contribution in [1.29, 1.82) is 0 Å². The van der Waals surface area contributed by atoms with Crippen molar-refractivity contribution in [3.63, 3.8) is 0 Å². The minimum atomic E-state index is -5.05. The lowest BCUT2D eigenvalue weighted by Gasteiger charge is -2.44. The summed E-state index contributed by atoms with van der Waals surface area (Å²) >= 11 is 5.87. The van der Waals surface area contributed by atoms with E-state index in [1.165, 1.54) is 13.0 Å². The molecule has 0 aliphatic heterocycles. The number of aliphatic hydroxyl groups is 1. The second-order valence-electron chi connectivity index (χ2n) is 7.80. The van der Waals surface area contributed by atoms with Gasteiger partial charge in [0.15, 0.2) is 17.2 Å². The number of phenols is 1. The highest BCUT2D eigenvalue weighted by Gasteiger charge is 2.62. The summed E-state index contributed by atoms with van der Waals surface area (Å²) in [6, 6.07) is 7.56. The summed E-state index contributed by atoms with van der Waals surface area (Å²) in [4.78, 5) is 4.38. The Hall–Kier alpha value is -2.84. The lowest BCUT2D eigenvalue weighted by atomic mass is 9.72. The van der Waals surface area contributed by atoms with E-state index in [1.54, 1.807) is 37.3 Å². The van der Waals surface area contributed by atoms with Crippen molar-refractivity contribution in [3.8, 4) is 5.75 Å². The van der Waals surface area contributed by atoms with Gasteiger partial charge in [-0.3, -0.25) is 4.98 Å².